The summed E-state index contributed by atoms with van der Waals surface area (Å²) in [6.07, 6.45) is 0. The third kappa shape index (κ3) is 1.78. The number of hydrogen-bond acceptors (Lipinski definition) is 3. The number of phenolic OH excluding ortho intramolecular Hbond substituents is 3. The van der Waals surface area contributed by atoms with Crippen LogP contribution in [0.1, 0.15) is 16.7 Å². The fourth-order valence-electron chi connectivity index (χ4n) is 2.03. The van der Waals surface area contributed by atoms with Crippen molar-refractivity contribution in [2.24, 2.45) is 0 Å². The minimum atomic E-state index is -0.121. The molecule has 0 aliphatic rings. The molecule has 0 aliphatic heterocycles. The van der Waals surface area contributed by atoms with Gasteiger partial charge in [0, 0.05) is 11.6 Å². The second kappa shape index (κ2) is 4.26. The van der Waals surface area contributed by atoms with E-state index in [9.17, 15) is 15.3 Å². The van der Waals surface area contributed by atoms with Crippen molar-refractivity contribution in [1.82, 2.24) is 0 Å². The lowest BCUT2D eigenvalue weighted by Gasteiger charge is -2.14. The Kier molecular flexibility index (Phi) is 2.91. The Labute approximate surface area is 106 Å². The molecule has 0 saturated heterocycles. The maximum absolute atomic E-state index is 10.1. The van der Waals surface area contributed by atoms with Crippen molar-refractivity contribution in [1.29, 1.82) is 0 Å². The van der Waals surface area contributed by atoms with Crippen molar-refractivity contribution in [3.05, 3.63) is 41.0 Å². The van der Waals surface area contributed by atoms with Gasteiger partial charge in [-0.3, -0.25) is 0 Å². The number of hydrogen-bond donors (Lipinski definition) is 3. The van der Waals surface area contributed by atoms with E-state index in [-0.39, 0.29) is 17.2 Å². The van der Waals surface area contributed by atoms with Gasteiger partial charge in [0.25, 0.3) is 0 Å². The third-order valence-corrected chi connectivity index (χ3v) is 3.38. The predicted octanol–water partition coefficient (Wildman–Crippen LogP) is 3.40. The van der Waals surface area contributed by atoms with E-state index in [1.807, 2.05) is 32.0 Å². The van der Waals surface area contributed by atoms with Crippen LogP contribution in [0.3, 0.4) is 0 Å². The maximum atomic E-state index is 10.1. The van der Waals surface area contributed by atoms with Crippen LogP contribution in [0.15, 0.2) is 24.3 Å². The lowest BCUT2D eigenvalue weighted by Crippen LogP contribution is -1.90. The van der Waals surface area contributed by atoms with Crippen LogP contribution in [-0.4, -0.2) is 15.3 Å². The third-order valence-electron chi connectivity index (χ3n) is 3.38. The SMILES string of the molecule is Cc1cccc(-c2c(O)cc(O)c(C)c2O)c1C. The number of aryl methyl sites for hydroxylation is 1. The molecule has 18 heavy (non-hydrogen) atoms. The van der Waals surface area contributed by atoms with Crippen LogP contribution in [0.2, 0.25) is 0 Å². The van der Waals surface area contributed by atoms with E-state index < -0.39 is 0 Å². The minimum Gasteiger partial charge on any atom is -0.507 e. The molecule has 3 nitrogen and oxygen atoms in total. The number of benzene rings is 2. The van der Waals surface area contributed by atoms with E-state index in [0.717, 1.165) is 16.7 Å². The highest BCUT2D eigenvalue weighted by Gasteiger charge is 2.17. The standard InChI is InChI=1S/C15H16O3/c1-8-5-4-6-11(9(8)2)14-13(17)7-12(16)10(3)15(14)18/h4-7,16-18H,1-3H3. The van der Waals surface area contributed by atoms with Gasteiger partial charge in [-0.25, -0.2) is 0 Å². The molecule has 0 bridgehead atoms. The summed E-state index contributed by atoms with van der Waals surface area (Å²) < 4.78 is 0. The molecule has 0 atom stereocenters. The van der Waals surface area contributed by atoms with Gasteiger partial charge in [-0.15, -0.1) is 0 Å². The summed E-state index contributed by atoms with van der Waals surface area (Å²) >= 11 is 0. The minimum absolute atomic E-state index is 0.0822. The molecule has 0 aromatic heterocycles. The smallest absolute Gasteiger partial charge is 0.133 e. The molecule has 0 spiro atoms. The molecule has 2 aromatic rings. The molecular weight excluding hydrogens is 228 g/mol. The average molecular weight is 244 g/mol. The monoisotopic (exact) mass is 244 g/mol. The predicted molar refractivity (Wildman–Crippen MR) is 71.1 cm³/mol. The maximum Gasteiger partial charge on any atom is 0.133 e. The van der Waals surface area contributed by atoms with Gasteiger partial charge in [-0.2, -0.15) is 0 Å². The van der Waals surface area contributed by atoms with E-state index in [0.29, 0.717) is 11.1 Å². The van der Waals surface area contributed by atoms with E-state index in [1.54, 1.807) is 6.92 Å². The van der Waals surface area contributed by atoms with E-state index >= 15 is 0 Å². The quantitative estimate of drug-likeness (QED) is 0.720. The van der Waals surface area contributed by atoms with Crippen LogP contribution in [-0.2, 0) is 0 Å². The summed E-state index contributed by atoms with van der Waals surface area (Å²) in [5.74, 6) is -0.315. The molecule has 0 amide bonds. The average Bonchev–Trinajstić information content (AvgIpc) is 2.32. The zero-order valence-corrected chi connectivity index (χ0v) is 10.7. The summed E-state index contributed by atoms with van der Waals surface area (Å²) in [6.45, 7) is 5.52. The number of rotatable bonds is 1. The zero-order chi connectivity index (χ0) is 13.4. The molecule has 0 saturated carbocycles. The van der Waals surface area contributed by atoms with Crippen molar-refractivity contribution < 1.29 is 15.3 Å². The van der Waals surface area contributed by atoms with Crippen molar-refractivity contribution in [3.8, 4) is 28.4 Å². The fraction of sp³-hybridized carbons (Fsp3) is 0.200. The van der Waals surface area contributed by atoms with Gasteiger partial charge in [0.15, 0.2) is 0 Å². The first-order valence-electron chi connectivity index (χ1n) is 5.74. The summed E-state index contributed by atoms with van der Waals surface area (Å²) in [5.41, 5.74) is 3.58. The highest BCUT2D eigenvalue weighted by Crippen LogP contribution is 2.44. The van der Waals surface area contributed by atoms with Gasteiger partial charge < -0.3 is 15.3 Å². The topological polar surface area (TPSA) is 60.7 Å². The van der Waals surface area contributed by atoms with Crippen LogP contribution < -0.4 is 0 Å². The van der Waals surface area contributed by atoms with Crippen LogP contribution >= 0.6 is 0 Å². The lowest BCUT2D eigenvalue weighted by atomic mass is 9.94. The molecule has 2 rings (SSSR count). The Morgan fingerprint density at radius 2 is 1.50 bits per heavy atom. The molecule has 0 unspecified atom stereocenters. The summed E-state index contributed by atoms with van der Waals surface area (Å²) in [6, 6.07) is 6.94. The normalized spacial score (nSPS) is 10.6. The first-order chi connectivity index (χ1) is 8.43. The number of phenols is 3. The molecular formula is C15H16O3. The summed E-state index contributed by atoms with van der Waals surface area (Å²) in [7, 11) is 0. The van der Waals surface area contributed by atoms with Gasteiger partial charge in [0.1, 0.15) is 17.2 Å². The van der Waals surface area contributed by atoms with Crippen LogP contribution in [0, 0.1) is 20.8 Å². The number of aromatic hydroxyl groups is 3. The van der Waals surface area contributed by atoms with Crippen LogP contribution in [0.5, 0.6) is 17.2 Å². The van der Waals surface area contributed by atoms with Crippen molar-refractivity contribution in [2.75, 3.05) is 0 Å². The Morgan fingerprint density at radius 1 is 0.833 bits per heavy atom. The largest absolute Gasteiger partial charge is 0.507 e. The van der Waals surface area contributed by atoms with Gasteiger partial charge in [0.2, 0.25) is 0 Å². The molecule has 0 heterocycles. The van der Waals surface area contributed by atoms with Crippen molar-refractivity contribution >= 4 is 0 Å². The molecule has 0 radical (unpaired) electrons. The summed E-state index contributed by atoms with van der Waals surface area (Å²) in [5, 5.41) is 29.6. The second-order valence-corrected chi connectivity index (χ2v) is 4.51. The fourth-order valence-corrected chi connectivity index (χ4v) is 2.03. The Hall–Kier alpha value is -2.16. The van der Waals surface area contributed by atoms with Crippen LogP contribution in [0.25, 0.3) is 11.1 Å². The van der Waals surface area contributed by atoms with E-state index in [1.165, 1.54) is 6.07 Å². The second-order valence-electron chi connectivity index (χ2n) is 4.51. The molecule has 0 fully saturated rings. The summed E-state index contributed by atoms with van der Waals surface area (Å²) in [4.78, 5) is 0. The molecule has 0 aliphatic carbocycles. The van der Waals surface area contributed by atoms with E-state index in [4.69, 9.17) is 0 Å². The van der Waals surface area contributed by atoms with Gasteiger partial charge in [-0.1, -0.05) is 18.2 Å². The first-order valence-corrected chi connectivity index (χ1v) is 5.74. The zero-order valence-electron chi connectivity index (χ0n) is 10.7. The Balaban J connectivity index is 2.80. The van der Waals surface area contributed by atoms with Gasteiger partial charge in [-0.05, 0) is 37.5 Å². The van der Waals surface area contributed by atoms with E-state index in [2.05, 4.69) is 0 Å². The van der Waals surface area contributed by atoms with Crippen molar-refractivity contribution in [3.63, 3.8) is 0 Å². The lowest BCUT2D eigenvalue weighted by molar-refractivity contribution is 0.425. The molecule has 3 heteroatoms. The molecule has 3 N–H and O–H groups in total. The molecule has 94 valence electrons. The Morgan fingerprint density at radius 3 is 2.17 bits per heavy atom. The van der Waals surface area contributed by atoms with Crippen molar-refractivity contribution in [2.45, 2.75) is 20.8 Å². The van der Waals surface area contributed by atoms with Gasteiger partial charge in [0.05, 0.1) is 5.56 Å². The van der Waals surface area contributed by atoms with Crippen LogP contribution in [0.4, 0.5) is 0 Å². The van der Waals surface area contributed by atoms with Gasteiger partial charge >= 0.3 is 0 Å². The highest BCUT2D eigenvalue weighted by atomic mass is 16.3. The first kappa shape index (κ1) is 12.3. The Bertz CT molecular complexity index is 616. The highest BCUT2D eigenvalue weighted by molar-refractivity contribution is 5.81. The molecule has 2 aromatic carbocycles.